The lowest BCUT2D eigenvalue weighted by atomic mass is 9.82. The van der Waals surface area contributed by atoms with E-state index in [0.717, 1.165) is 32.7 Å². The molecule has 0 spiro atoms. The minimum Gasteiger partial charge on any atom is -0.481 e. The molecule has 3 rings (SSSR count). The van der Waals surface area contributed by atoms with Crippen LogP contribution in [-0.4, -0.2) is 43.3 Å². The van der Waals surface area contributed by atoms with Crippen LogP contribution in [0.15, 0.2) is 35.8 Å². The van der Waals surface area contributed by atoms with E-state index in [-0.39, 0.29) is 23.4 Å². The fourth-order valence-corrected chi connectivity index (χ4v) is 4.72. The van der Waals surface area contributed by atoms with Gasteiger partial charge >= 0.3 is 0 Å². The van der Waals surface area contributed by atoms with Gasteiger partial charge in [-0.25, -0.2) is 4.98 Å². The molecule has 1 aliphatic heterocycles. The zero-order chi connectivity index (χ0) is 19.3. The number of aromatic nitrogens is 1. The molecule has 0 radical (unpaired) electrons. The molecular formula is C22H33ClN2O2S. The summed E-state index contributed by atoms with van der Waals surface area (Å²) in [5.41, 5.74) is 1.40. The standard InChI is InChI=1S/C22H32N2O2S.ClH/c1-5-26-17-22(11-10-19-7-6-14-27-19)12-13-24(16-22)21(2,3)18-8-9-20(25-4)23-15-18;/h6-9,14-15H,5,10-13,16-17H2,1-4H3;1H/t22-;/m1./s1. The van der Waals surface area contributed by atoms with Crippen molar-refractivity contribution in [3.8, 4) is 5.88 Å². The molecule has 3 heterocycles. The summed E-state index contributed by atoms with van der Waals surface area (Å²) in [5, 5.41) is 2.17. The van der Waals surface area contributed by atoms with E-state index in [1.807, 2.05) is 23.6 Å². The lowest BCUT2D eigenvalue weighted by Crippen LogP contribution is -2.42. The highest BCUT2D eigenvalue weighted by atomic mass is 35.5. The molecule has 2 aromatic rings. The fourth-order valence-electron chi connectivity index (χ4n) is 4.01. The second-order valence-electron chi connectivity index (χ2n) is 8.04. The van der Waals surface area contributed by atoms with Crippen LogP contribution in [0.5, 0.6) is 5.88 Å². The first-order valence-corrected chi connectivity index (χ1v) is 10.7. The smallest absolute Gasteiger partial charge is 0.212 e. The van der Waals surface area contributed by atoms with Gasteiger partial charge in [-0.3, -0.25) is 4.90 Å². The van der Waals surface area contributed by atoms with Crippen LogP contribution in [0, 0.1) is 5.41 Å². The number of likely N-dealkylation sites (tertiary alicyclic amines) is 1. The number of methoxy groups -OCH3 is 1. The number of aryl methyl sites for hydroxylation is 1. The summed E-state index contributed by atoms with van der Waals surface area (Å²) in [6.07, 6.45) is 5.46. The highest BCUT2D eigenvalue weighted by Crippen LogP contribution is 2.42. The van der Waals surface area contributed by atoms with Gasteiger partial charge in [0, 0.05) is 41.2 Å². The summed E-state index contributed by atoms with van der Waals surface area (Å²) in [4.78, 5) is 8.49. The Labute approximate surface area is 179 Å². The third-order valence-electron chi connectivity index (χ3n) is 5.98. The van der Waals surface area contributed by atoms with Crippen LogP contribution >= 0.6 is 23.7 Å². The maximum absolute atomic E-state index is 5.94. The number of pyridine rings is 1. The monoisotopic (exact) mass is 424 g/mol. The number of nitrogens with zero attached hydrogens (tertiary/aromatic N) is 2. The Hall–Kier alpha value is -1.14. The second kappa shape index (κ2) is 10.1. The molecule has 0 aromatic carbocycles. The van der Waals surface area contributed by atoms with Gasteiger partial charge in [0.2, 0.25) is 5.88 Å². The van der Waals surface area contributed by atoms with Crippen molar-refractivity contribution in [1.29, 1.82) is 0 Å². The van der Waals surface area contributed by atoms with Gasteiger partial charge in [-0.2, -0.15) is 0 Å². The molecule has 0 bridgehead atoms. The molecule has 0 unspecified atom stereocenters. The number of rotatable bonds is 9. The summed E-state index contributed by atoms with van der Waals surface area (Å²) < 4.78 is 11.1. The van der Waals surface area contributed by atoms with Crippen LogP contribution in [0.1, 0.15) is 44.1 Å². The Kier molecular flexibility index (Phi) is 8.31. The van der Waals surface area contributed by atoms with Gasteiger partial charge in [-0.1, -0.05) is 12.1 Å². The molecule has 0 saturated carbocycles. The lowest BCUT2D eigenvalue weighted by Gasteiger charge is -2.38. The molecule has 1 saturated heterocycles. The van der Waals surface area contributed by atoms with Gasteiger partial charge in [0.25, 0.3) is 0 Å². The minimum absolute atomic E-state index is 0. The summed E-state index contributed by atoms with van der Waals surface area (Å²) in [5.74, 6) is 0.664. The molecule has 1 fully saturated rings. The zero-order valence-electron chi connectivity index (χ0n) is 17.4. The van der Waals surface area contributed by atoms with Crippen LogP contribution in [0.3, 0.4) is 0 Å². The van der Waals surface area contributed by atoms with E-state index in [2.05, 4.69) is 54.2 Å². The zero-order valence-corrected chi connectivity index (χ0v) is 19.1. The first-order valence-electron chi connectivity index (χ1n) is 9.85. The van der Waals surface area contributed by atoms with E-state index in [9.17, 15) is 0 Å². The highest BCUT2D eigenvalue weighted by Gasteiger charge is 2.43. The molecule has 156 valence electrons. The van der Waals surface area contributed by atoms with Gasteiger partial charge in [0.1, 0.15) is 0 Å². The van der Waals surface area contributed by atoms with Crippen LogP contribution in [0.2, 0.25) is 0 Å². The largest absolute Gasteiger partial charge is 0.481 e. The Morgan fingerprint density at radius 2 is 2.11 bits per heavy atom. The van der Waals surface area contributed by atoms with E-state index < -0.39 is 0 Å². The van der Waals surface area contributed by atoms with Crippen molar-refractivity contribution in [3.05, 3.63) is 46.3 Å². The van der Waals surface area contributed by atoms with Crippen LogP contribution in [0.4, 0.5) is 0 Å². The van der Waals surface area contributed by atoms with Crippen molar-refractivity contribution in [2.75, 3.05) is 33.4 Å². The predicted molar refractivity (Wildman–Crippen MR) is 119 cm³/mol. The third-order valence-corrected chi connectivity index (χ3v) is 6.91. The van der Waals surface area contributed by atoms with Gasteiger partial charge in [-0.15, -0.1) is 23.7 Å². The Morgan fingerprint density at radius 1 is 1.29 bits per heavy atom. The van der Waals surface area contributed by atoms with Crippen molar-refractivity contribution in [2.24, 2.45) is 5.41 Å². The highest BCUT2D eigenvalue weighted by molar-refractivity contribution is 7.09. The van der Waals surface area contributed by atoms with Crippen LogP contribution < -0.4 is 4.74 Å². The molecule has 4 nitrogen and oxygen atoms in total. The van der Waals surface area contributed by atoms with Gasteiger partial charge < -0.3 is 9.47 Å². The first kappa shape index (κ1) is 23.1. The van der Waals surface area contributed by atoms with Crippen molar-refractivity contribution < 1.29 is 9.47 Å². The van der Waals surface area contributed by atoms with Gasteiger partial charge in [0.15, 0.2) is 0 Å². The maximum atomic E-state index is 5.94. The summed E-state index contributed by atoms with van der Waals surface area (Å²) in [6, 6.07) is 8.49. The Bertz CT molecular complexity index is 706. The van der Waals surface area contributed by atoms with Crippen molar-refractivity contribution in [1.82, 2.24) is 9.88 Å². The molecule has 0 N–H and O–H groups in total. The molecule has 0 aliphatic carbocycles. The van der Waals surface area contributed by atoms with E-state index in [1.165, 1.54) is 23.3 Å². The normalized spacial score (nSPS) is 20.1. The number of thiophene rings is 1. The number of ether oxygens (including phenoxy) is 2. The molecule has 0 amide bonds. The van der Waals surface area contributed by atoms with Crippen LogP contribution in [-0.2, 0) is 16.7 Å². The van der Waals surface area contributed by atoms with E-state index >= 15 is 0 Å². The average molecular weight is 425 g/mol. The average Bonchev–Trinajstić information content (AvgIpc) is 3.35. The topological polar surface area (TPSA) is 34.6 Å². The lowest BCUT2D eigenvalue weighted by molar-refractivity contribution is 0.0386. The fraction of sp³-hybridized carbons (Fsp3) is 0.591. The molecule has 1 aliphatic rings. The molecular weight excluding hydrogens is 392 g/mol. The van der Waals surface area contributed by atoms with Gasteiger partial charge in [0.05, 0.1) is 13.7 Å². The van der Waals surface area contributed by atoms with Crippen molar-refractivity contribution >= 4 is 23.7 Å². The predicted octanol–water partition coefficient (Wildman–Crippen LogP) is 5.17. The molecule has 2 aromatic heterocycles. The summed E-state index contributed by atoms with van der Waals surface area (Å²) in [6.45, 7) is 10.5. The number of hydrogen-bond acceptors (Lipinski definition) is 5. The third kappa shape index (κ3) is 5.26. The van der Waals surface area contributed by atoms with Gasteiger partial charge in [-0.05, 0) is 63.6 Å². The first-order chi connectivity index (χ1) is 13.0. The molecule has 1 atom stereocenters. The van der Waals surface area contributed by atoms with E-state index in [4.69, 9.17) is 9.47 Å². The summed E-state index contributed by atoms with van der Waals surface area (Å²) in [7, 11) is 1.66. The van der Waals surface area contributed by atoms with E-state index in [1.54, 1.807) is 7.11 Å². The minimum atomic E-state index is -0.0594. The Morgan fingerprint density at radius 3 is 2.71 bits per heavy atom. The molecule has 28 heavy (non-hydrogen) atoms. The van der Waals surface area contributed by atoms with Crippen molar-refractivity contribution in [3.63, 3.8) is 0 Å². The second-order valence-corrected chi connectivity index (χ2v) is 9.07. The maximum Gasteiger partial charge on any atom is 0.212 e. The number of halogens is 1. The number of hydrogen-bond donors (Lipinski definition) is 0. The van der Waals surface area contributed by atoms with Crippen LogP contribution in [0.25, 0.3) is 0 Å². The SMILES string of the molecule is CCOC[C@]1(CCc2cccs2)CCN(C(C)(C)c2ccc(OC)nc2)C1.Cl. The van der Waals surface area contributed by atoms with E-state index in [0.29, 0.717) is 5.88 Å². The Balaban J connectivity index is 0.00000280. The quantitative estimate of drug-likeness (QED) is 0.556. The molecule has 6 heteroatoms. The summed E-state index contributed by atoms with van der Waals surface area (Å²) >= 11 is 1.86. The van der Waals surface area contributed by atoms with Crippen molar-refractivity contribution in [2.45, 2.75) is 45.6 Å².